The van der Waals surface area contributed by atoms with Gasteiger partial charge in [-0.05, 0) is 47.5 Å². The molecule has 0 aliphatic carbocycles. The number of hydrogen-bond donors (Lipinski definition) is 2. The Hall–Kier alpha value is -1.22. The molecule has 0 aromatic carbocycles. The van der Waals surface area contributed by atoms with Crippen LogP contribution in [0.5, 0.6) is 0 Å². The molecule has 8 nitrogen and oxygen atoms in total. The Labute approximate surface area is 367 Å². The summed E-state index contributed by atoms with van der Waals surface area (Å²) in [6.07, 6.45) is 40.8. The van der Waals surface area contributed by atoms with E-state index >= 15 is 0 Å². The topological polar surface area (TPSA) is 95.1 Å². The fraction of sp³-hybridized carbons (Fsp3) is 0.961. The maximum absolute atomic E-state index is 12.4. The second kappa shape index (κ2) is 44.8. The van der Waals surface area contributed by atoms with Crippen LogP contribution in [0, 0.1) is 0 Å². The van der Waals surface area contributed by atoms with Crippen molar-refractivity contribution in [3.05, 3.63) is 0 Å². The molecule has 0 radical (unpaired) electrons. The monoisotopic (exact) mass is 839 g/mol. The number of hydrogen-bond acceptors (Lipinski definition) is 6. The second-order valence-electron chi connectivity index (χ2n) is 18.3. The quantitative estimate of drug-likeness (QED) is 0.0593. The molecule has 2 N–H and O–H groups in total. The molecule has 0 aliphatic rings. The lowest BCUT2D eigenvalue weighted by atomic mass is 10.0. The lowest BCUT2D eigenvalue weighted by Crippen LogP contribution is -2.37. The van der Waals surface area contributed by atoms with Crippen molar-refractivity contribution in [1.29, 1.82) is 0 Å². The molecule has 0 aliphatic heterocycles. The smallest absolute Gasteiger partial charge is 0.220 e. The molecular weight excluding hydrogens is 737 g/mol. The van der Waals surface area contributed by atoms with Gasteiger partial charge in [0, 0.05) is 24.9 Å². The number of unbranched alkanes of at least 4 members (excludes halogenated alkanes) is 28. The fourth-order valence-electron chi connectivity index (χ4n) is 7.55. The first-order valence-corrected chi connectivity index (χ1v) is 25.7. The van der Waals surface area contributed by atoms with Gasteiger partial charge in [-0.25, -0.2) is 0 Å². The molecule has 0 bridgehead atoms. The van der Waals surface area contributed by atoms with Crippen LogP contribution in [0.4, 0.5) is 0 Å². The molecule has 5 unspecified atom stereocenters. The summed E-state index contributed by atoms with van der Waals surface area (Å²) in [5.74, 6) is 0.238. The van der Waals surface area contributed by atoms with Gasteiger partial charge in [-0.15, -0.1) is 0 Å². The minimum atomic E-state index is -0.0796. The van der Waals surface area contributed by atoms with Crippen molar-refractivity contribution >= 4 is 11.8 Å². The van der Waals surface area contributed by atoms with E-state index in [0.29, 0.717) is 45.9 Å². The summed E-state index contributed by atoms with van der Waals surface area (Å²) in [4.78, 5) is 24.8. The standard InChI is InChI=1S/C51H102N2O6/c1-8-10-12-14-16-18-20-22-24-26-28-30-32-34-36-38-50(54)52-45(3)40-56-42-47(5)58-44-49(7)59-43-48(6)57-41-46(4)53-51(55)39-37-35-33-31-29-27-25-23-21-19-17-15-13-11-9-2/h45-49H,8-44H2,1-7H3,(H,52,54)(H,53,55). The zero-order valence-electron chi connectivity index (χ0n) is 40.5. The third-order valence-electron chi connectivity index (χ3n) is 11.4. The Morgan fingerprint density at radius 3 is 0.915 bits per heavy atom. The van der Waals surface area contributed by atoms with Crippen LogP contribution < -0.4 is 10.6 Å². The van der Waals surface area contributed by atoms with Crippen LogP contribution in [0.15, 0.2) is 0 Å². The average Bonchev–Trinajstić information content (AvgIpc) is 3.21. The van der Waals surface area contributed by atoms with Gasteiger partial charge < -0.3 is 29.6 Å². The molecule has 352 valence electrons. The Morgan fingerprint density at radius 1 is 0.339 bits per heavy atom. The van der Waals surface area contributed by atoms with Crippen LogP contribution in [0.2, 0.25) is 0 Å². The summed E-state index contributed by atoms with van der Waals surface area (Å²) in [6.45, 7) is 16.9. The van der Waals surface area contributed by atoms with Crippen LogP contribution in [-0.2, 0) is 28.5 Å². The first-order valence-electron chi connectivity index (χ1n) is 25.7. The van der Waals surface area contributed by atoms with Gasteiger partial charge in [-0.2, -0.15) is 0 Å². The van der Waals surface area contributed by atoms with Gasteiger partial charge in [0.1, 0.15) is 0 Å². The van der Waals surface area contributed by atoms with Crippen molar-refractivity contribution in [1.82, 2.24) is 10.6 Å². The van der Waals surface area contributed by atoms with E-state index < -0.39 is 0 Å². The highest BCUT2D eigenvalue weighted by Gasteiger charge is 2.14. The van der Waals surface area contributed by atoms with Crippen molar-refractivity contribution in [3.8, 4) is 0 Å². The third-order valence-corrected chi connectivity index (χ3v) is 11.4. The van der Waals surface area contributed by atoms with Crippen LogP contribution in [-0.4, -0.2) is 75.2 Å². The lowest BCUT2D eigenvalue weighted by Gasteiger charge is -2.22. The summed E-state index contributed by atoms with van der Waals surface area (Å²) in [5.41, 5.74) is 0. The molecule has 0 spiro atoms. The number of rotatable bonds is 47. The van der Waals surface area contributed by atoms with E-state index in [1.807, 2.05) is 34.6 Å². The normalized spacial score (nSPS) is 14.2. The first kappa shape index (κ1) is 57.8. The second-order valence-corrected chi connectivity index (χ2v) is 18.3. The van der Waals surface area contributed by atoms with E-state index in [-0.39, 0.29) is 42.2 Å². The highest BCUT2D eigenvalue weighted by molar-refractivity contribution is 5.76. The van der Waals surface area contributed by atoms with Crippen molar-refractivity contribution in [2.45, 2.75) is 284 Å². The lowest BCUT2D eigenvalue weighted by molar-refractivity contribution is -0.123. The SMILES string of the molecule is CCCCCCCCCCCCCCCCCC(=O)NC(C)COCC(C)OCC(C)OCC(C)OCC(C)NC(=O)CCCCCCCCCCCCCCCCC. The minimum Gasteiger partial charge on any atom is -0.377 e. The van der Waals surface area contributed by atoms with Crippen LogP contribution in [0.3, 0.4) is 0 Å². The van der Waals surface area contributed by atoms with Crippen molar-refractivity contribution < 1.29 is 28.5 Å². The highest BCUT2D eigenvalue weighted by atomic mass is 16.6. The van der Waals surface area contributed by atoms with Crippen LogP contribution >= 0.6 is 0 Å². The minimum absolute atomic E-state index is 0.0235. The van der Waals surface area contributed by atoms with E-state index in [0.717, 1.165) is 25.7 Å². The Balaban J connectivity index is 3.66. The Morgan fingerprint density at radius 2 is 0.593 bits per heavy atom. The molecule has 8 heteroatoms. The van der Waals surface area contributed by atoms with E-state index in [1.54, 1.807) is 0 Å². The van der Waals surface area contributed by atoms with Crippen LogP contribution in [0.25, 0.3) is 0 Å². The molecule has 2 amide bonds. The van der Waals surface area contributed by atoms with Gasteiger partial charge in [0.2, 0.25) is 11.8 Å². The molecule has 0 saturated heterocycles. The molecule has 0 fully saturated rings. The molecule has 0 rings (SSSR count). The van der Waals surface area contributed by atoms with Gasteiger partial charge in [-0.3, -0.25) is 9.59 Å². The molecule has 0 heterocycles. The highest BCUT2D eigenvalue weighted by Crippen LogP contribution is 2.15. The van der Waals surface area contributed by atoms with Gasteiger partial charge in [0.15, 0.2) is 0 Å². The Kier molecular flexibility index (Phi) is 43.9. The van der Waals surface area contributed by atoms with Gasteiger partial charge >= 0.3 is 0 Å². The summed E-state index contributed by atoms with van der Waals surface area (Å²) in [6, 6.07) is -0.0534. The maximum Gasteiger partial charge on any atom is 0.220 e. The summed E-state index contributed by atoms with van der Waals surface area (Å²) in [5, 5.41) is 6.16. The average molecular weight is 839 g/mol. The summed E-state index contributed by atoms with van der Waals surface area (Å²) in [7, 11) is 0. The maximum atomic E-state index is 12.4. The number of carbonyl (C=O) groups is 2. The fourth-order valence-corrected chi connectivity index (χ4v) is 7.55. The van der Waals surface area contributed by atoms with Crippen molar-refractivity contribution in [3.63, 3.8) is 0 Å². The molecule has 0 aromatic heterocycles. The van der Waals surface area contributed by atoms with E-state index in [2.05, 4.69) is 24.5 Å². The number of amides is 2. The van der Waals surface area contributed by atoms with Gasteiger partial charge in [0.25, 0.3) is 0 Å². The molecular formula is C51H102N2O6. The largest absolute Gasteiger partial charge is 0.377 e. The van der Waals surface area contributed by atoms with E-state index in [1.165, 1.54) is 167 Å². The summed E-state index contributed by atoms with van der Waals surface area (Å²) < 4.78 is 23.7. The van der Waals surface area contributed by atoms with Crippen LogP contribution in [0.1, 0.15) is 254 Å². The predicted molar refractivity (Wildman–Crippen MR) is 251 cm³/mol. The van der Waals surface area contributed by atoms with Gasteiger partial charge in [-0.1, -0.05) is 194 Å². The Bertz CT molecular complexity index is 890. The zero-order valence-corrected chi connectivity index (χ0v) is 40.5. The third kappa shape index (κ3) is 44.6. The zero-order chi connectivity index (χ0) is 43.4. The molecule has 0 saturated carbocycles. The van der Waals surface area contributed by atoms with Gasteiger partial charge in [0.05, 0.1) is 51.3 Å². The first-order chi connectivity index (χ1) is 28.7. The number of ether oxygens (including phenoxy) is 4. The van der Waals surface area contributed by atoms with Crippen molar-refractivity contribution in [2.24, 2.45) is 0 Å². The van der Waals surface area contributed by atoms with E-state index in [9.17, 15) is 9.59 Å². The number of carbonyl (C=O) groups excluding carboxylic acids is 2. The van der Waals surface area contributed by atoms with E-state index in [4.69, 9.17) is 18.9 Å². The molecule has 59 heavy (non-hydrogen) atoms. The number of nitrogens with one attached hydrogen (secondary N) is 2. The molecule has 0 aromatic rings. The van der Waals surface area contributed by atoms with Crippen molar-refractivity contribution in [2.75, 3.05) is 33.0 Å². The predicted octanol–water partition coefficient (Wildman–Crippen LogP) is 13.8. The molecule has 5 atom stereocenters. The summed E-state index contributed by atoms with van der Waals surface area (Å²) >= 11 is 0.